The average Bonchev–Trinajstić information content (AvgIpc) is 3.36. The van der Waals surface area contributed by atoms with Crippen molar-refractivity contribution < 1.29 is 19.0 Å². The smallest absolute Gasteiger partial charge is 0.229 e. The molecule has 34 heavy (non-hydrogen) atoms. The molecule has 2 aromatic heterocycles. The monoisotopic (exact) mass is 476 g/mol. The number of carbonyl (C=O) groups excluding carboxylic acids is 1. The first-order valence-electron chi connectivity index (χ1n) is 10.4. The van der Waals surface area contributed by atoms with Crippen molar-refractivity contribution >= 4 is 34.4 Å². The Bertz CT molecular complexity index is 1250. The van der Waals surface area contributed by atoms with Crippen LogP contribution in [0.4, 0.5) is 17.2 Å². The van der Waals surface area contributed by atoms with E-state index in [4.69, 9.17) is 14.2 Å². The van der Waals surface area contributed by atoms with Crippen molar-refractivity contribution in [2.24, 2.45) is 0 Å². The maximum Gasteiger partial charge on any atom is 0.229 e. The Hall–Kier alpha value is -4.11. The van der Waals surface area contributed by atoms with Crippen LogP contribution in [0.1, 0.15) is 4.88 Å². The minimum Gasteiger partial charge on any atom is -0.493 e. The van der Waals surface area contributed by atoms with Crippen molar-refractivity contribution in [3.8, 4) is 28.5 Å². The number of ether oxygens (including phenoxy) is 3. The van der Waals surface area contributed by atoms with E-state index >= 15 is 0 Å². The van der Waals surface area contributed by atoms with Crippen LogP contribution in [-0.4, -0.2) is 37.2 Å². The topological polar surface area (TPSA) is 94.6 Å². The van der Waals surface area contributed by atoms with Gasteiger partial charge in [0.25, 0.3) is 0 Å². The van der Waals surface area contributed by atoms with Crippen molar-refractivity contribution in [3.63, 3.8) is 0 Å². The summed E-state index contributed by atoms with van der Waals surface area (Å²) in [5.41, 5.74) is 2.89. The van der Waals surface area contributed by atoms with Crippen molar-refractivity contribution in [3.05, 3.63) is 71.2 Å². The Labute approximate surface area is 201 Å². The van der Waals surface area contributed by atoms with Crippen molar-refractivity contribution in [2.45, 2.75) is 6.42 Å². The van der Waals surface area contributed by atoms with E-state index in [1.165, 1.54) is 0 Å². The van der Waals surface area contributed by atoms with E-state index in [-0.39, 0.29) is 5.91 Å². The molecule has 9 heteroatoms. The molecule has 4 aromatic rings. The molecule has 0 bridgehead atoms. The van der Waals surface area contributed by atoms with Crippen LogP contribution in [0.15, 0.2) is 66.3 Å². The fourth-order valence-corrected chi connectivity index (χ4v) is 4.10. The van der Waals surface area contributed by atoms with Crippen molar-refractivity contribution in [1.82, 2.24) is 9.97 Å². The molecule has 0 aliphatic heterocycles. The van der Waals surface area contributed by atoms with Gasteiger partial charge < -0.3 is 24.8 Å². The van der Waals surface area contributed by atoms with Gasteiger partial charge >= 0.3 is 0 Å². The van der Waals surface area contributed by atoms with Gasteiger partial charge in [-0.15, -0.1) is 11.3 Å². The van der Waals surface area contributed by atoms with Gasteiger partial charge in [-0.1, -0.05) is 18.2 Å². The highest BCUT2D eigenvalue weighted by Crippen LogP contribution is 2.40. The van der Waals surface area contributed by atoms with E-state index in [0.29, 0.717) is 46.6 Å². The molecule has 0 atom stereocenters. The highest BCUT2D eigenvalue weighted by Gasteiger charge is 2.14. The zero-order valence-electron chi connectivity index (χ0n) is 19.0. The van der Waals surface area contributed by atoms with Gasteiger partial charge in [0.05, 0.1) is 45.8 Å². The van der Waals surface area contributed by atoms with Crippen LogP contribution < -0.4 is 24.8 Å². The molecule has 8 nitrogen and oxygen atoms in total. The largest absolute Gasteiger partial charge is 0.493 e. The molecule has 0 aliphatic rings. The standard InChI is InChI=1S/C25H24N4O4S/c1-31-21-11-18(12-22(32-2)25(21)33-3)27-23-15-26-14-20(29-23)16-6-4-7-17(10-16)28-24(30)13-19-8-5-9-34-19/h4-12,14-15H,13H2,1-3H3,(H,27,29)(H,28,30). The first kappa shape index (κ1) is 23.1. The van der Waals surface area contributed by atoms with Gasteiger partial charge in [-0.2, -0.15) is 0 Å². The summed E-state index contributed by atoms with van der Waals surface area (Å²) in [6, 6.07) is 15.0. The summed E-state index contributed by atoms with van der Waals surface area (Å²) in [6.45, 7) is 0. The van der Waals surface area contributed by atoms with E-state index in [1.807, 2.05) is 41.8 Å². The molecule has 2 N–H and O–H groups in total. The summed E-state index contributed by atoms with van der Waals surface area (Å²) in [5, 5.41) is 8.13. The molecule has 2 aromatic carbocycles. The number of methoxy groups -OCH3 is 3. The number of aromatic nitrogens is 2. The molecule has 4 rings (SSSR count). The number of amides is 1. The van der Waals surface area contributed by atoms with Crippen LogP contribution in [0, 0.1) is 0 Å². The third kappa shape index (κ3) is 5.44. The number of rotatable bonds is 9. The molecule has 0 unspecified atom stereocenters. The molecule has 2 heterocycles. The zero-order chi connectivity index (χ0) is 23.9. The van der Waals surface area contributed by atoms with Gasteiger partial charge in [-0.25, -0.2) is 4.98 Å². The van der Waals surface area contributed by atoms with Crippen molar-refractivity contribution in [1.29, 1.82) is 0 Å². The number of benzene rings is 2. The lowest BCUT2D eigenvalue weighted by Gasteiger charge is -2.15. The second-order valence-corrected chi connectivity index (χ2v) is 8.25. The summed E-state index contributed by atoms with van der Waals surface area (Å²) >= 11 is 1.56. The summed E-state index contributed by atoms with van der Waals surface area (Å²) in [6.07, 6.45) is 3.64. The van der Waals surface area contributed by atoms with Gasteiger partial charge in [0.15, 0.2) is 11.5 Å². The van der Waals surface area contributed by atoms with E-state index < -0.39 is 0 Å². The van der Waals surface area contributed by atoms with Crippen LogP contribution in [0.5, 0.6) is 17.2 Å². The zero-order valence-corrected chi connectivity index (χ0v) is 19.8. The fraction of sp³-hybridized carbons (Fsp3) is 0.160. The maximum absolute atomic E-state index is 12.4. The molecule has 0 radical (unpaired) electrons. The Balaban J connectivity index is 1.53. The number of nitrogens with one attached hydrogen (secondary N) is 2. The lowest BCUT2D eigenvalue weighted by molar-refractivity contribution is -0.115. The van der Waals surface area contributed by atoms with Crippen LogP contribution in [0.2, 0.25) is 0 Å². The molecule has 174 valence electrons. The van der Waals surface area contributed by atoms with E-state index in [0.717, 1.165) is 10.4 Å². The summed E-state index contributed by atoms with van der Waals surface area (Å²) < 4.78 is 16.2. The third-order valence-corrected chi connectivity index (χ3v) is 5.81. The lowest BCUT2D eigenvalue weighted by atomic mass is 10.1. The first-order chi connectivity index (χ1) is 16.6. The normalized spacial score (nSPS) is 10.4. The molecule has 0 fully saturated rings. The highest BCUT2D eigenvalue weighted by atomic mass is 32.1. The van der Waals surface area contributed by atoms with Crippen LogP contribution >= 0.6 is 11.3 Å². The predicted octanol–water partition coefficient (Wildman–Crippen LogP) is 5.16. The second kappa shape index (κ2) is 10.7. The van der Waals surface area contributed by atoms with Gasteiger partial charge in [0.1, 0.15) is 5.82 Å². The number of anilines is 3. The number of hydrogen-bond donors (Lipinski definition) is 2. The van der Waals surface area contributed by atoms with Gasteiger partial charge in [-0.05, 0) is 23.6 Å². The third-order valence-electron chi connectivity index (χ3n) is 4.93. The molecular weight excluding hydrogens is 452 g/mol. The number of hydrogen-bond acceptors (Lipinski definition) is 8. The molecule has 0 spiro atoms. The Morgan fingerprint density at radius 1 is 0.941 bits per heavy atom. The van der Waals surface area contributed by atoms with Crippen LogP contribution in [-0.2, 0) is 11.2 Å². The van der Waals surface area contributed by atoms with Crippen LogP contribution in [0.3, 0.4) is 0 Å². The average molecular weight is 477 g/mol. The van der Waals surface area contributed by atoms with E-state index in [9.17, 15) is 4.79 Å². The number of nitrogens with zero attached hydrogens (tertiary/aromatic N) is 2. The Kier molecular flexibility index (Phi) is 7.24. The quantitative estimate of drug-likeness (QED) is 0.345. The minimum absolute atomic E-state index is 0.0662. The fourth-order valence-electron chi connectivity index (χ4n) is 3.40. The molecule has 0 aliphatic carbocycles. The van der Waals surface area contributed by atoms with E-state index in [2.05, 4.69) is 20.6 Å². The summed E-state index contributed by atoms with van der Waals surface area (Å²) in [5.74, 6) is 2.04. The summed E-state index contributed by atoms with van der Waals surface area (Å²) in [7, 11) is 4.68. The molecule has 0 saturated carbocycles. The van der Waals surface area contributed by atoms with Crippen LogP contribution in [0.25, 0.3) is 11.3 Å². The molecule has 1 amide bonds. The number of carbonyl (C=O) groups is 1. The highest BCUT2D eigenvalue weighted by molar-refractivity contribution is 7.10. The Morgan fingerprint density at radius 3 is 2.41 bits per heavy atom. The molecular formula is C25H24N4O4S. The predicted molar refractivity (Wildman–Crippen MR) is 134 cm³/mol. The van der Waals surface area contributed by atoms with E-state index in [1.54, 1.807) is 57.2 Å². The Morgan fingerprint density at radius 2 is 1.74 bits per heavy atom. The number of thiophene rings is 1. The van der Waals surface area contributed by atoms with Gasteiger partial charge in [-0.3, -0.25) is 9.78 Å². The van der Waals surface area contributed by atoms with Gasteiger partial charge in [0, 0.05) is 33.9 Å². The lowest BCUT2D eigenvalue weighted by Crippen LogP contribution is -2.13. The van der Waals surface area contributed by atoms with Gasteiger partial charge in [0.2, 0.25) is 11.7 Å². The second-order valence-electron chi connectivity index (χ2n) is 7.21. The SMILES string of the molecule is COc1cc(Nc2cncc(-c3cccc(NC(=O)Cc4cccs4)c3)n2)cc(OC)c1OC. The maximum atomic E-state index is 12.4. The summed E-state index contributed by atoms with van der Waals surface area (Å²) in [4.78, 5) is 22.4. The molecule has 0 saturated heterocycles. The first-order valence-corrected chi connectivity index (χ1v) is 11.3. The minimum atomic E-state index is -0.0662. The van der Waals surface area contributed by atoms with Crippen molar-refractivity contribution in [2.75, 3.05) is 32.0 Å².